The summed E-state index contributed by atoms with van der Waals surface area (Å²) >= 11 is 6.00. The van der Waals surface area contributed by atoms with Crippen LogP contribution in [0.1, 0.15) is 12.0 Å². The number of nitriles is 1. The second kappa shape index (κ2) is 4.42. The van der Waals surface area contributed by atoms with Gasteiger partial charge in [0.05, 0.1) is 28.4 Å². The zero-order valence-corrected chi connectivity index (χ0v) is 9.21. The molecule has 0 bridgehead atoms. The van der Waals surface area contributed by atoms with Gasteiger partial charge in [0.25, 0.3) is 0 Å². The third-order valence-corrected chi connectivity index (χ3v) is 2.75. The molecule has 1 heterocycles. The van der Waals surface area contributed by atoms with Crippen LogP contribution in [0.4, 0.5) is 5.69 Å². The lowest BCUT2D eigenvalue weighted by Crippen LogP contribution is -2.22. The van der Waals surface area contributed by atoms with Crippen molar-refractivity contribution in [2.24, 2.45) is 0 Å². The molecule has 1 saturated heterocycles. The van der Waals surface area contributed by atoms with Gasteiger partial charge in [-0.2, -0.15) is 5.26 Å². The first-order chi connectivity index (χ1) is 7.69. The molecule has 1 fully saturated rings. The Bertz CT molecular complexity index is 467. The zero-order chi connectivity index (χ0) is 11.5. The molecule has 82 valence electrons. The molecule has 2 N–H and O–H groups in total. The van der Waals surface area contributed by atoms with Crippen LogP contribution in [-0.2, 0) is 4.79 Å². The third-order valence-electron chi connectivity index (χ3n) is 2.44. The highest BCUT2D eigenvalue weighted by molar-refractivity contribution is 6.33. The number of nitrogens with zero attached hydrogens (tertiary/aromatic N) is 1. The Morgan fingerprint density at radius 1 is 1.56 bits per heavy atom. The van der Waals surface area contributed by atoms with Gasteiger partial charge in [-0.05, 0) is 18.2 Å². The fourth-order valence-electron chi connectivity index (χ4n) is 1.63. The van der Waals surface area contributed by atoms with Crippen molar-refractivity contribution in [3.8, 4) is 6.07 Å². The highest BCUT2D eigenvalue weighted by atomic mass is 35.5. The minimum Gasteiger partial charge on any atom is -0.379 e. The van der Waals surface area contributed by atoms with Gasteiger partial charge in [-0.3, -0.25) is 4.79 Å². The first kappa shape index (κ1) is 10.8. The van der Waals surface area contributed by atoms with E-state index in [4.69, 9.17) is 16.9 Å². The summed E-state index contributed by atoms with van der Waals surface area (Å²) in [6, 6.07) is 7.14. The van der Waals surface area contributed by atoms with Crippen LogP contribution in [0.25, 0.3) is 0 Å². The van der Waals surface area contributed by atoms with Crippen LogP contribution in [0.3, 0.4) is 0 Å². The molecule has 0 aliphatic carbocycles. The van der Waals surface area contributed by atoms with Crippen molar-refractivity contribution in [3.05, 3.63) is 28.8 Å². The first-order valence-corrected chi connectivity index (χ1v) is 5.29. The Labute approximate surface area is 98.2 Å². The Hall–Kier alpha value is -1.73. The van der Waals surface area contributed by atoms with Gasteiger partial charge in [0.1, 0.15) is 0 Å². The van der Waals surface area contributed by atoms with Crippen LogP contribution >= 0.6 is 11.6 Å². The average Bonchev–Trinajstić information content (AvgIpc) is 2.67. The number of rotatable bonds is 2. The molecular formula is C11H10ClN3O. The summed E-state index contributed by atoms with van der Waals surface area (Å²) in [6.07, 6.45) is 0.455. The molecule has 1 atom stereocenters. The van der Waals surface area contributed by atoms with Crippen molar-refractivity contribution >= 4 is 23.2 Å². The number of nitrogens with one attached hydrogen (secondary N) is 2. The Morgan fingerprint density at radius 2 is 2.38 bits per heavy atom. The molecule has 1 unspecified atom stereocenters. The highest BCUT2D eigenvalue weighted by Gasteiger charge is 2.21. The Balaban J connectivity index is 2.10. The van der Waals surface area contributed by atoms with Gasteiger partial charge in [0.2, 0.25) is 5.91 Å². The first-order valence-electron chi connectivity index (χ1n) is 4.92. The summed E-state index contributed by atoms with van der Waals surface area (Å²) in [5.74, 6) is 0.0438. The molecule has 0 aromatic heterocycles. The number of halogens is 1. The largest absolute Gasteiger partial charge is 0.379 e. The molecule has 1 aromatic rings. The van der Waals surface area contributed by atoms with Crippen LogP contribution in [-0.4, -0.2) is 18.5 Å². The highest BCUT2D eigenvalue weighted by Crippen LogP contribution is 2.24. The summed E-state index contributed by atoms with van der Waals surface area (Å²) < 4.78 is 0. The zero-order valence-electron chi connectivity index (χ0n) is 8.46. The maximum atomic E-state index is 11.0. The lowest BCUT2D eigenvalue weighted by molar-refractivity contribution is -0.119. The Kier molecular flexibility index (Phi) is 2.97. The summed E-state index contributed by atoms with van der Waals surface area (Å²) in [5.41, 5.74) is 1.28. The summed E-state index contributed by atoms with van der Waals surface area (Å²) in [6.45, 7) is 0.606. The lowest BCUT2D eigenvalue weighted by atomic mass is 10.2. The van der Waals surface area contributed by atoms with Gasteiger partial charge in [0.15, 0.2) is 0 Å². The van der Waals surface area contributed by atoms with E-state index in [1.807, 2.05) is 6.07 Å². The number of benzene rings is 1. The van der Waals surface area contributed by atoms with Gasteiger partial charge in [0, 0.05) is 13.0 Å². The molecule has 2 rings (SSSR count). The summed E-state index contributed by atoms with van der Waals surface area (Å²) in [7, 11) is 0. The fourth-order valence-corrected chi connectivity index (χ4v) is 1.86. The second-order valence-corrected chi connectivity index (χ2v) is 4.06. The molecule has 1 aliphatic rings. The molecule has 1 amide bonds. The predicted octanol–water partition coefficient (Wildman–Crippen LogP) is 1.51. The van der Waals surface area contributed by atoms with Gasteiger partial charge in [-0.25, -0.2) is 0 Å². The quantitative estimate of drug-likeness (QED) is 0.817. The van der Waals surface area contributed by atoms with Crippen LogP contribution < -0.4 is 10.6 Å². The number of hydrogen-bond donors (Lipinski definition) is 2. The van der Waals surface area contributed by atoms with Crippen LogP contribution in [0.15, 0.2) is 18.2 Å². The normalized spacial score (nSPS) is 19.0. The summed E-state index contributed by atoms with van der Waals surface area (Å²) in [4.78, 5) is 11.0. The SMILES string of the molecule is N#Cc1ccc(NC2CNC(=O)C2)c(Cl)c1. The van der Waals surface area contributed by atoms with E-state index in [9.17, 15) is 4.79 Å². The van der Waals surface area contributed by atoms with Gasteiger partial charge >= 0.3 is 0 Å². The van der Waals surface area contributed by atoms with Gasteiger partial charge in [-0.1, -0.05) is 11.6 Å². The maximum Gasteiger partial charge on any atom is 0.222 e. The minimum atomic E-state index is 0.0438. The van der Waals surface area contributed by atoms with Crippen LogP contribution in [0.5, 0.6) is 0 Å². The average molecular weight is 236 g/mol. The predicted molar refractivity (Wildman–Crippen MR) is 61.2 cm³/mol. The van der Waals surface area contributed by atoms with Crippen molar-refractivity contribution in [1.29, 1.82) is 5.26 Å². The molecule has 16 heavy (non-hydrogen) atoms. The van der Waals surface area contributed by atoms with Crippen molar-refractivity contribution in [3.63, 3.8) is 0 Å². The summed E-state index contributed by atoms with van der Waals surface area (Å²) in [5, 5.41) is 15.1. The number of anilines is 1. The molecule has 0 saturated carbocycles. The van der Waals surface area contributed by atoms with Crippen molar-refractivity contribution in [2.45, 2.75) is 12.5 Å². The maximum absolute atomic E-state index is 11.0. The molecule has 0 radical (unpaired) electrons. The molecule has 4 nitrogen and oxygen atoms in total. The molecular weight excluding hydrogens is 226 g/mol. The van der Waals surface area contributed by atoms with Crippen molar-refractivity contribution < 1.29 is 4.79 Å². The van der Waals surface area contributed by atoms with E-state index in [-0.39, 0.29) is 11.9 Å². The standard InChI is InChI=1S/C11H10ClN3O/c12-9-3-7(5-13)1-2-10(9)15-8-4-11(16)14-6-8/h1-3,8,15H,4,6H2,(H,14,16). The van der Waals surface area contributed by atoms with E-state index >= 15 is 0 Å². The monoisotopic (exact) mass is 235 g/mol. The van der Waals surface area contributed by atoms with Crippen molar-refractivity contribution in [2.75, 3.05) is 11.9 Å². The molecule has 0 spiro atoms. The molecule has 5 heteroatoms. The third kappa shape index (κ3) is 2.26. The van der Waals surface area contributed by atoms with E-state index in [1.54, 1.807) is 18.2 Å². The van der Waals surface area contributed by atoms with Crippen molar-refractivity contribution in [1.82, 2.24) is 5.32 Å². The van der Waals surface area contributed by atoms with E-state index in [0.717, 1.165) is 5.69 Å². The molecule has 1 aliphatic heterocycles. The van der Waals surface area contributed by atoms with E-state index in [0.29, 0.717) is 23.6 Å². The minimum absolute atomic E-state index is 0.0438. The van der Waals surface area contributed by atoms with E-state index in [1.165, 1.54) is 0 Å². The smallest absolute Gasteiger partial charge is 0.222 e. The van der Waals surface area contributed by atoms with Crippen LogP contribution in [0, 0.1) is 11.3 Å². The number of hydrogen-bond acceptors (Lipinski definition) is 3. The second-order valence-electron chi connectivity index (χ2n) is 3.66. The lowest BCUT2D eigenvalue weighted by Gasteiger charge is -2.13. The topological polar surface area (TPSA) is 64.9 Å². The van der Waals surface area contributed by atoms with E-state index in [2.05, 4.69) is 10.6 Å². The number of carbonyl (C=O) groups excluding carboxylic acids is 1. The van der Waals surface area contributed by atoms with Gasteiger partial charge < -0.3 is 10.6 Å². The fraction of sp³-hybridized carbons (Fsp3) is 0.273. The molecule has 1 aromatic carbocycles. The Morgan fingerprint density at radius 3 is 2.94 bits per heavy atom. The van der Waals surface area contributed by atoms with Gasteiger partial charge in [-0.15, -0.1) is 0 Å². The van der Waals surface area contributed by atoms with Crippen LogP contribution in [0.2, 0.25) is 5.02 Å². The number of amides is 1. The number of carbonyl (C=O) groups is 1. The van der Waals surface area contributed by atoms with E-state index < -0.39 is 0 Å².